The number of rotatable bonds is 7. The zero-order valence-electron chi connectivity index (χ0n) is 17.9. The fourth-order valence-electron chi connectivity index (χ4n) is 3.43. The molecule has 0 amide bonds. The molecule has 31 heavy (non-hydrogen) atoms. The van der Waals surface area contributed by atoms with Crippen LogP contribution in [0.1, 0.15) is 29.4 Å². The second-order valence-corrected chi connectivity index (χ2v) is 7.81. The van der Waals surface area contributed by atoms with Crippen molar-refractivity contribution in [3.05, 3.63) is 77.6 Å². The van der Waals surface area contributed by atoms with Gasteiger partial charge in [-0.1, -0.05) is 30.3 Å². The maximum Gasteiger partial charge on any atom is 0.175 e. The smallest absolute Gasteiger partial charge is 0.175 e. The van der Waals surface area contributed by atoms with Gasteiger partial charge in [0, 0.05) is 24.5 Å². The van der Waals surface area contributed by atoms with Gasteiger partial charge in [0.1, 0.15) is 0 Å². The minimum Gasteiger partial charge on any atom is -0.330 e. The van der Waals surface area contributed by atoms with Crippen LogP contribution in [0.2, 0.25) is 0 Å². The maximum atomic E-state index is 5.52. The first-order valence-electron chi connectivity index (χ1n) is 10.2. The van der Waals surface area contributed by atoms with Crippen molar-refractivity contribution in [3.63, 3.8) is 0 Å². The second kappa shape index (κ2) is 9.13. The van der Waals surface area contributed by atoms with E-state index in [0.29, 0.717) is 11.7 Å². The van der Waals surface area contributed by atoms with Crippen molar-refractivity contribution in [3.8, 4) is 0 Å². The lowest BCUT2D eigenvalue weighted by atomic mass is 10.2. The van der Waals surface area contributed by atoms with Crippen LogP contribution in [0.3, 0.4) is 0 Å². The molecule has 0 spiro atoms. The third kappa shape index (κ3) is 5.00. The molecular weight excluding hydrogens is 408 g/mol. The van der Waals surface area contributed by atoms with Crippen LogP contribution in [0, 0.1) is 13.8 Å². The summed E-state index contributed by atoms with van der Waals surface area (Å²) in [5.74, 6) is 0. The van der Waals surface area contributed by atoms with Gasteiger partial charge in [-0.3, -0.25) is 14.0 Å². The summed E-state index contributed by atoms with van der Waals surface area (Å²) in [7, 11) is 0. The monoisotopic (exact) mass is 434 g/mol. The first-order valence-corrected chi connectivity index (χ1v) is 10.6. The molecule has 0 unspecified atom stereocenters. The van der Waals surface area contributed by atoms with E-state index in [1.54, 1.807) is 6.20 Å². The first kappa shape index (κ1) is 20.8. The van der Waals surface area contributed by atoms with Crippen molar-refractivity contribution in [2.45, 2.75) is 40.4 Å². The van der Waals surface area contributed by atoms with Gasteiger partial charge in [0.05, 0.1) is 48.2 Å². The van der Waals surface area contributed by atoms with E-state index < -0.39 is 0 Å². The number of hydrogen-bond donors (Lipinski definition) is 2. The van der Waals surface area contributed by atoms with Crippen molar-refractivity contribution < 1.29 is 0 Å². The highest BCUT2D eigenvalue weighted by molar-refractivity contribution is 7.80. The number of aryl methyl sites for hydroxylation is 2. The molecule has 0 bridgehead atoms. The summed E-state index contributed by atoms with van der Waals surface area (Å²) < 4.78 is 5.75. The number of nitrogens with one attached hydrogen (secondary N) is 2. The second-order valence-electron chi connectivity index (χ2n) is 7.40. The maximum absolute atomic E-state index is 5.52. The quantitative estimate of drug-likeness (QED) is 0.431. The summed E-state index contributed by atoms with van der Waals surface area (Å²) in [6, 6.07) is 10.3. The molecule has 2 N–H and O–H groups in total. The van der Waals surface area contributed by atoms with Crippen LogP contribution in [0.5, 0.6) is 0 Å². The molecule has 0 fully saturated rings. The lowest BCUT2D eigenvalue weighted by molar-refractivity contribution is 0.654. The van der Waals surface area contributed by atoms with Crippen molar-refractivity contribution in [2.75, 3.05) is 10.6 Å². The summed E-state index contributed by atoms with van der Waals surface area (Å²) >= 11 is 5.52. The largest absolute Gasteiger partial charge is 0.330 e. The Hall–Kier alpha value is -3.46. The number of nitrogens with zero attached hydrogens (tertiary/aromatic N) is 6. The number of thiocarbonyl (C=S) groups is 1. The summed E-state index contributed by atoms with van der Waals surface area (Å²) in [6.45, 7) is 8.32. The third-order valence-electron chi connectivity index (χ3n) is 5.04. The first-order chi connectivity index (χ1) is 15.0. The minimum atomic E-state index is 0.504. The van der Waals surface area contributed by atoms with Crippen LogP contribution >= 0.6 is 12.2 Å². The van der Waals surface area contributed by atoms with Gasteiger partial charge in [-0.05, 0) is 38.6 Å². The van der Waals surface area contributed by atoms with E-state index >= 15 is 0 Å². The van der Waals surface area contributed by atoms with E-state index in [-0.39, 0.29) is 0 Å². The number of hydrogen-bond acceptors (Lipinski definition) is 4. The number of aromatic nitrogens is 6. The Kier molecular flexibility index (Phi) is 6.13. The van der Waals surface area contributed by atoms with Crippen molar-refractivity contribution in [1.29, 1.82) is 0 Å². The Bertz CT molecular complexity index is 1170. The van der Waals surface area contributed by atoms with E-state index in [4.69, 9.17) is 12.2 Å². The standard InChI is InChI=1S/C22H26N8S/c1-4-28-12-19(10-23-28)13-29-15-20(11-24-29)25-22(31)26-21-16(2)27-30(17(21)3)14-18-8-6-5-7-9-18/h5-12,15H,4,13-14H2,1-3H3,(H2,25,26,31). The molecule has 4 aromatic rings. The molecule has 8 nitrogen and oxygen atoms in total. The SMILES string of the molecule is CCn1cc(Cn2cc(NC(=S)Nc3c(C)nn(Cc4ccccc4)c3C)cn2)cn1. The van der Waals surface area contributed by atoms with E-state index in [2.05, 4.69) is 45.0 Å². The lowest BCUT2D eigenvalue weighted by Gasteiger charge is -2.10. The summed E-state index contributed by atoms with van der Waals surface area (Å²) in [5.41, 5.74) is 6.00. The molecule has 0 saturated carbocycles. The molecule has 1 aromatic carbocycles. The van der Waals surface area contributed by atoms with Gasteiger partial charge in [0.15, 0.2) is 5.11 Å². The van der Waals surface area contributed by atoms with Crippen LogP contribution in [-0.4, -0.2) is 34.5 Å². The molecular formula is C22H26N8S. The molecule has 0 aliphatic heterocycles. The molecule has 0 saturated heterocycles. The lowest BCUT2D eigenvalue weighted by Crippen LogP contribution is -2.19. The predicted molar refractivity (Wildman–Crippen MR) is 126 cm³/mol. The predicted octanol–water partition coefficient (Wildman–Crippen LogP) is 3.82. The van der Waals surface area contributed by atoms with Crippen LogP contribution in [0.15, 0.2) is 55.1 Å². The van der Waals surface area contributed by atoms with Gasteiger partial charge >= 0.3 is 0 Å². The average molecular weight is 435 g/mol. The molecule has 3 aromatic heterocycles. The fourth-order valence-corrected chi connectivity index (χ4v) is 3.65. The Balaban J connectivity index is 1.38. The van der Waals surface area contributed by atoms with E-state index in [0.717, 1.165) is 41.4 Å². The van der Waals surface area contributed by atoms with Gasteiger partial charge in [0.25, 0.3) is 0 Å². The summed E-state index contributed by atoms with van der Waals surface area (Å²) in [6.07, 6.45) is 7.58. The molecule has 3 heterocycles. The molecule has 4 rings (SSSR count). The highest BCUT2D eigenvalue weighted by atomic mass is 32.1. The van der Waals surface area contributed by atoms with Gasteiger partial charge in [-0.25, -0.2) is 0 Å². The molecule has 0 aliphatic rings. The average Bonchev–Trinajstić information content (AvgIpc) is 3.46. The highest BCUT2D eigenvalue weighted by Gasteiger charge is 2.13. The Labute approximate surface area is 186 Å². The Morgan fingerprint density at radius 3 is 2.45 bits per heavy atom. The molecule has 0 aliphatic carbocycles. The molecule has 0 atom stereocenters. The zero-order chi connectivity index (χ0) is 21.8. The van der Waals surface area contributed by atoms with Crippen molar-refractivity contribution >= 4 is 28.7 Å². The normalized spacial score (nSPS) is 10.9. The van der Waals surface area contributed by atoms with Crippen LogP contribution in [0.25, 0.3) is 0 Å². The van der Waals surface area contributed by atoms with Crippen LogP contribution in [-0.2, 0) is 19.6 Å². The van der Waals surface area contributed by atoms with Gasteiger partial charge in [-0.2, -0.15) is 15.3 Å². The van der Waals surface area contributed by atoms with E-state index in [1.165, 1.54) is 5.56 Å². The molecule has 9 heteroatoms. The fraction of sp³-hybridized carbons (Fsp3) is 0.273. The van der Waals surface area contributed by atoms with Gasteiger partial charge in [-0.15, -0.1) is 0 Å². The van der Waals surface area contributed by atoms with Crippen molar-refractivity contribution in [2.24, 2.45) is 0 Å². The molecule has 160 valence electrons. The number of benzene rings is 1. The molecule has 0 radical (unpaired) electrons. The van der Waals surface area contributed by atoms with Gasteiger partial charge < -0.3 is 10.6 Å². The minimum absolute atomic E-state index is 0.504. The Morgan fingerprint density at radius 1 is 0.935 bits per heavy atom. The highest BCUT2D eigenvalue weighted by Crippen LogP contribution is 2.21. The topological polar surface area (TPSA) is 77.5 Å². The third-order valence-corrected chi connectivity index (χ3v) is 5.25. The zero-order valence-corrected chi connectivity index (χ0v) is 18.7. The van der Waals surface area contributed by atoms with E-state index in [9.17, 15) is 0 Å². The van der Waals surface area contributed by atoms with Gasteiger partial charge in [0.2, 0.25) is 0 Å². The Morgan fingerprint density at radius 2 is 1.71 bits per heavy atom. The number of anilines is 2. The summed E-state index contributed by atoms with van der Waals surface area (Å²) in [4.78, 5) is 0. The summed E-state index contributed by atoms with van der Waals surface area (Å²) in [5, 5.41) is 20.4. The van der Waals surface area contributed by atoms with Crippen LogP contribution < -0.4 is 10.6 Å². The van der Waals surface area contributed by atoms with Crippen molar-refractivity contribution in [1.82, 2.24) is 29.3 Å². The van der Waals surface area contributed by atoms with Crippen LogP contribution in [0.4, 0.5) is 11.4 Å². The van der Waals surface area contributed by atoms with E-state index in [1.807, 2.05) is 64.7 Å².